The maximum atomic E-state index is 11.0. The van der Waals surface area contributed by atoms with Crippen molar-refractivity contribution >= 4 is 0 Å². The van der Waals surface area contributed by atoms with Crippen LogP contribution in [-0.2, 0) is 0 Å². The second-order valence-corrected chi connectivity index (χ2v) is 12.5. The van der Waals surface area contributed by atoms with E-state index >= 15 is 0 Å². The smallest absolute Gasteiger partial charge is 0.0692 e. The molecule has 242 valence electrons. The molecule has 0 aromatic rings. The molecule has 6 nitrogen and oxygen atoms in total. The van der Waals surface area contributed by atoms with Gasteiger partial charge in [0.2, 0.25) is 0 Å². The van der Waals surface area contributed by atoms with Gasteiger partial charge in [0, 0.05) is 52.4 Å². The normalized spacial score (nSPS) is 14.2. The highest BCUT2D eigenvalue weighted by Gasteiger charge is 2.20. The monoisotopic (exact) mass is 571 g/mol. The van der Waals surface area contributed by atoms with Crippen LogP contribution in [0.3, 0.4) is 0 Å². The van der Waals surface area contributed by atoms with E-state index in [1.807, 2.05) is 0 Å². The van der Waals surface area contributed by atoms with Crippen molar-refractivity contribution in [2.75, 3.05) is 52.4 Å². The maximum Gasteiger partial charge on any atom is 0.0692 e. The summed E-state index contributed by atoms with van der Waals surface area (Å²) < 4.78 is 0. The van der Waals surface area contributed by atoms with Crippen LogP contribution in [0.1, 0.15) is 149 Å². The lowest BCUT2D eigenvalue weighted by Crippen LogP contribution is -2.43. The molecule has 0 rings (SSSR count). The van der Waals surface area contributed by atoms with Crippen LogP contribution in [0.15, 0.2) is 0 Å². The van der Waals surface area contributed by atoms with Crippen molar-refractivity contribution < 1.29 is 10.2 Å². The molecule has 0 fully saturated rings. The number of unbranched alkanes of at least 4 members (excludes halogenated alkanes) is 16. The summed E-state index contributed by atoms with van der Waals surface area (Å²) in [7, 11) is 0. The second kappa shape index (κ2) is 31.7. The molecule has 0 aromatic carbocycles. The first-order valence-electron chi connectivity index (χ1n) is 17.7. The molecule has 0 bridgehead atoms. The van der Waals surface area contributed by atoms with Crippen molar-refractivity contribution in [3.8, 4) is 0 Å². The molecule has 3 unspecified atom stereocenters. The summed E-state index contributed by atoms with van der Waals surface area (Å²) in [6.45, 7) is 13.1. The van der Waals surface area contributed by atoms with Crippen molar-refractivity contribution in [2.24, 2.45) is 11.7 Å². The summed E-state index contributed by atoms with van der Waals surface area (Å²) in [6, 6.07) is 0. The van der Waals surface area contributed by atoms with Crippen molar-refractivity contribution in [2.45, 2.75) is 161 Å². The molecule has 0 aromatic heterocycles. The third-order valence-electron chi connectivity index (χ3n) is 8.38. The van der Waals surface area contributed by atoms with E-state index in [4.69, 9.17) is 5.73 Å². The standard InChI is InChI=1S/C34H74N4O2/c1-4-6-8-10-12-14-15-17-19-21-23-33(39)30-38(29-28-37-27-26-36-25-24-35)31-34(40)32(3)22-20-18-16-13-11-9-7-5-2/h32-34,36-37,39-40H,4-31,35H2,1-3H3. The number of rotatable bonds is 33. The average Bonchev–Trinajstić information content (AvgIpc) is 2.94. The minimum Gasteiger partial charge on any atom is -0.392 e. The Bertz CT molecular complexity index is 483. The first kappa shape index (κ1) is 39.8. The van der Waals surface area contributed by atoms with Crippen LogP contribution in [0.2, 0.25) is 0 Å². The highest BCUT2D eigenvalue weighted by molar-refractivity contribution is 4.74. The number of nitrogens with two attached hydrogens (primary N) is 1. The topological polar surface area (TPSA) is 93.8 Å². The first-order valence-corrected chi connectivity index (χ1v) is 17.7. The first-order chi connectivity index (χ1) is 19.5. The molecule has 0 aliphatic carbocycles. The molecular formula is C34H74N4O2. The lowest BCUT2D eigenvalue weighted by atomic mass is 9.96. The van der Waals surface area contributed by atoms with Gasteiger partial charge in [-0.15, -0.1) is 0 Å². The van der Waals surface area contributed by atoms with Gasteiger partial charge in [0.25, 0.3) is 0 Å². The minimum absolute atomic E-state index is 0.301. The number of nitrogens with zero attached hydrogens (tertiary/aromatic N) is 1. The zero-order chi connectivity index (χ0) is 29.5. The zero-order valence-corrected chi connectivity index (χ0v) is 27.5. The second-order valence-electron chi connectivity index (χ2n) is 12.5. The molecule has 3 atom stereocenters. The highest BCUT2D eigenvalue weighted by atomic mass is 16.3. The Hall–Kier alpha value is -0.240. The van der Waals surface area contributed by atoms with Gasteiger partial charge in [0.1, 0.15) is 0 Å². The molecular weight excluding hydrogens is 496 g/mol. The summed E-state index contributed by atoms with van der Waals surface area (Å²) >= 11 is 0. The molecule has 0 amide bonds. The number of aliphatic hydroxyl groups excluding tert-OH is 2. The van der Waals surface area contributed by atoms with Crippen LogP contribution in [0.4, 0.5) is 0 Å². The van der Waals surface area contributed by atoms with Gasteiger partial charge in [-0.3, -0.25) is 4.90 Å². The molecule has 40 heavy (non-hydrogen) atoms. The summed E-state index contributed by atoms with van der Waals surface area (Å²) in [5.41, 5.74) is 5.54. The predicted octanol–water partition coefficient (Wildman–Crippen LogP) is 6.63. The number of hydrogen-bond acceptors (Lipinski definition) is 6. The molecule has 6 heteroatoms. The van der Waals surface area contributed by atoms with Crippen molar-refractivity contribution in [3.05, 3.63) is 0 Å². The summed E-state index contributed by atoms with van der Waals surface area (Å²) in [5, 5.41) is 28.6. The van der Waals surface area contributed by atoms with E-state index in [1.54, 1.807) is 0 Å². The van der Waals surface area contributed by atoms with Crippen LogP contribution in [0.5, 0.6) is 0 Å². The van der Waals surface area contributed by atoms with Crippen molar-refractivity contribution in [1.29, 1.82) is 0 Å². The van der Waals surface area contributed by atoms with E-state index in [2.05, 4.69) is 36.3 Å². The predicted molar refractivity (Wildman–Crippen MR) is 176 cm³/mol. The Morgan fingerprint density at radius 3 is 1.52 bits per heavy atom. The fourth-order valence-electron chi connectivity index (χ4n) is 5.52. The van der Waals surface area contributed by atoms with Crippen LogP contribution in [0.25, 0.3) is 0 Å². The molecule has 0 saturated carbocycles. The molecule has 6 N–H and O–H groups in total. The third-order valence-corrected chi connectivity index (χ3v) is 8.38. The van der Waals surface area contributed by atoms with Crippen molar-refractivity contribution in [3.63, 3.8) is 0 Å². The minimum atomic E-state index is -0.333. The number of aliphatic hydroxyl groups is 2. The average molecular weight is 571 g/mol. The van der Waals surface area contributed by atoms with Gasteiger partial charge in [0.15, 0.2) is 0 Å². The van der Waals surface area contributed by atoms with E-state index in [0.717, 1.165) is 52.0 Å². The largest absolute Gasteiger partial charge is 0.392 e. The summed E-state index contributed by atoms with van der Waals surface area (Å²) in [6.07, 6.45) is 25.1. The Morgan fingerprint density at radius 2 is 1.02 bits per heavy atom. The highest BCUT2D eigenvalue weighted by Crippen LogP contribution is 2.17. The lowest BCUT2D eigenvalue weighted by Gasteiger charge is -2.30. The number of nitrogens with one attached hydrogen (secondary N) is 2. The Kier molecular flexibility index (Phi) is 31.5. The van der Waals surface area contributed by atoms with Crippen LogP contribution >= 0.6 is 0 Å². The van der Waals surface area contributed by atoms with Crippen LogP contribution < -0.4 is 16.4 Å². The molecule has 0 aliphatic rings. The Labute approximate surface area is 251 Å². The van der Waals surface area contributed by atoms with Gasteiger partial charge >= 0.3 is 0 Å². The molecule has 0 aliphatic heterocycles. The van der Waals surface area contributed by atoms with Crippen molar-refractivity contribution in [1.82, 2.24) is 15.5 Å². The number of hydrogen-bond donors (Lipinski definition) is 5. The van der Waals surface area contributed by atoms with Gasteiger partial charge < -0.3 is 26.6 Å². The third kappa shape index (κ3) is 27.9. The lowest BCUT2D eigenvalue weighted by molar-refractivity contribution is 0.0401. The molecule has 0 heterocycles. The Balaban J connectivity index is 4.29. The molecule has 0 radical (unpaired) electrons. The van der Waals surface area contributed by atoms with Gasteiger partial charge in [-0.1, -0.05) is 136 Å². The van der Waals surface area contributed by atoms with Gasteiger partial charge in [-0.05, 0) is 18.8 Å². The quantitative estimate of drug-likeness (QED) is 0.0569. The van der Waals surface area contributed by atoms with Gasteiger partial charge in [-0.25, -0.2) is 0 Å². The van der Waals surface area contributed by atoms with E-state index in [9.17, 15) is 10.2 Å². The van der Waals surface area contributed by atoms with E-state index < -0.39 is 0 Å². The fraction of sp³-hybridized carbons (Fsp3) is 1.00. The molecule has 0 spiro atoms. The Morgan fingerprint density at radius 1 is 0.575 bits per heavy atom. The van der Waals surface area contributed by atoms with E-state index in [1.165, 1.54) is 109 Å². The maximum absolute atomic E-state index is 11.0. The fourth-order valence-corrected chi connectivity index (χ4v) is 5.52. The molecule has 0 saturated heterocycles. The summed E-state index contributed by atoms with van der Waals surface area (Å²) in [4.78, 5) is 2.29. The SMILES string of the molecule is CCCCCCCCCCCCC(O)CN(CCNCCNCCN)CC(O)C(C)CCCCCCCCCC. The summed E-state index contributed by atoms with van der Waals surface area (Å²) in [5.74, 6) is 0.301. The zero-order valence-electron chi connectivity index (χ0n) is 27.5. The van der Waals surface area contributed by atoms with E-state index in [-0.39, 0.29) is 12.2 Å². The van der Waals surface area contributed by atoms with Gasteiger partial charge in [-0.2, -0.15) is 0 Å². The van der Waals surface area contributed by atoms with Crippen LogP contribution in [0, 0.1) is 5.92 Å². The van der Waals surface area contributed by atoms with E-state index in [0.29, 0.717) is 25.6 Å². The van der Waals surface area contributed by atoms with Crippen LogP contribution in [-0.4, -0.2) is 79.7 Å². The van der Waals surface area contributed by atoms with Gasteiger partial charge in [0.05, 0.1) is 12.2 Å².